The Morgan fingerprint density at radius 1 is 1.19 bits per heavy atom. The Balaban J connectivity index is 2.17. The highest BCUT2D eigenvalue weighted by Crippen LogP contribution is 2.42. The number of aliphatic hydroxyl groups is 3. The third kappa shape index (κ3) is 4.13. The predicted molar refractivity (Wildman–Crippen MR) is 112 cm³/mol. The second kappa shape index (κ2) is 8.50. The van der Waals surface area contributed by atoms with E-state index in [2.05, 4.69) is 20.6 Å². The number of nitrogens with one attached hydrogen (secondary N) is 2. The summed E-state index contributed by atoms with van der Waals surface area (Å²) in [7, 11) is 0. The molecular formula is C20H29N5O6. The van der Waals surface area contributed by atoms with Gasteiger partial charge in [-0.1, -0.05) is 27.7 Å². The number of amides is 2. The standard InChI is InChI=1S/C20H29N5O6/c1-9(2)17(28)23-11-6-25(19-20(5,30)14(27)12(7-26)31-19)16-13(11)15(21-8-22-16)24-18(29)10(3)4/h6,8-10,12,14,19,26-27,30H,7H2,1-5H3,(H,23,28)(H,21,22,24,29)/t12-,14-,19-,20-/m1/s1. The molecule has 1 fully saturated rings. The van der Waals surface area contributed by atoms with E-state index in [1.165, 1.54) is 24.0 Å². The van der Waals surface area contributed by atoms with Gasteiger partial charge in [0, 0.05) is 18.0 Å². The molecule has 0 radical (unpaired) electrons. The number of ether oxygens (including phenoxy) is 1. The maximum absolute atomic E-state index is 12.4. The minimum Gasteiger partial charge on any atom is -0.394 e. The Hall–Kier alpha value is -2.60. The number of aromatic nitrogens is 3. The molecule has 1 saturated heterocycles. The molecule has 2 aromatic heterocycles. The van der Waals surface area contributed by atoms with Crippen LogP contribution >= 0.6 is 0 Å². The zero-order valence-corrected chi connectivity index (χ0v) is 18.2. The third-order valence-corrected chi connectivity index (χ3v) is 5.34. The molecule has 2 aromatic rings. The first-order valence-corrected chi connectivity index (χ1v) is 10.1. The van der Waals surface area contributed by atoms with Gasteiger partial charge in [-0.3, -0.25) is 9.59 Å². The van der Waals surface area contributed by atoms with Crippen molar-refractivity contribution >= 4 is 34.4 Å². The topological polar surface area (TPSA) is 159 Å². The second-order valence-electron chi connectivity index (χ2n) is 8.54. The summed E-state index contributed by atoms with van der Waals surface area (Å²) in [6.45, 7) is 7.84. The van der Waals surface area contributed by atoms with Crippen LogP contribution in [0.1, 0.15) is 40.8 Å². The molecule has 5 N–H and O–H groups in total. The largest absolute Gasteiger partial charge is 0.394 e. The highest BCUT2D eigenvalue weighted by molar-refractivity contribution is 6.09. The Morgan fingerprint density at radius 3 is 2.35 bits per heavy atom. The number of aliphatic hydroxyl groups excluding tert-OH is 2. The Labute approximate surface area is 179 Å². The zero-order chi connectivity index (χ0) is 23.1. The fraction of sp³-hybridized carbons (Fsp3) is 0.600. The van der Waals surface area contributed by atoms with E-state index in [0.29, 0.717) is 11.1 Å². The molecule has 31 heavy (non-hydrogen) atoms. The SMILES string of the molecule is CC(C)C(=O)Nc1cn([C@@H]2O[C@H](CO)[C@@H](O)[C@@]2(C)O)c2ncnc(NC(=O)C(C)C)c12. The van der Waals surface area contributed by atoms with Crippen LogP contribution in [-0.2, 0) is 14.3 Å². The van der Waals surface area contributed by atoms with Gasteiger partial charge in [0.15, 0.2) is 6.23 Å². The summed E-state index contributed by atoms with van der Waals surface area (Å²) in [6.07, 6.45) is -0.720. The van der Waals surface area contributed by atoms with E-state index < -0.39 is 30.6 Å². The summed E-state index contributed by atoms with van der Waals surface area (Å²) < 4.78 is 7.16. The lowest BCUT2D eigenvalue weighted by Gasteiger charge is -2.27. The van der Waals surface area contributed by atoms with E-state index in [4.69, 9.17) is 4.74 Å². The number of fused-ring (bicyclic) bond motifs is 1. The second-order valence-corrected chi connectivity index (χ2v) is 8.54. The number of hydrogen-bond acceptors (Lipinski definition) is 8. The van der Waals surface area contributed by atoms with Gasteiger partial charge in [-0.15, -0.1) is 0 Å². The number of carbonyl (C=O) groups excluding carboxylic acids is 2. The molecule has 3 heterocycles. The molecule has 2 amide bonds. The van der Waals surface area contributed by atoms with Crippen LogP contribution < -0.4 is 10.6 Å². The fourth-order valence-electron chi connectivity index (χ4n) is 3.38. The lowest BCUT2D eigenvalue weighted by Crippen LogP contribution is -2.44. The minimum atomic E-state index is -1.76. The smallest absolute Gasteiger partial charge is 0.228 e. The molecular weight excluding hydrogens is 406 g/mol. The van der Waals surface area contributed by atoms with Crippen LogP contribution in [0, 0.1) is 11.8 Å². The minimum absolute atomic E-state index is 0.193. The van der Waals surface area contributed by atoms with Crippen LogP contribution in [0.15, 0.2) is 12.5 Å². The first-order chi connectivity index (χ1) is 14.5. The van der Waals surface area contributed by atoms with Crippen LogP contribution in [0.2, 0.25) is 0 Å². The summed E-state index contributed by atoms with van der Waals surface area (Å²) in [4.78, 5) is 33.1. The average molecular weight is 435 g/mol. The van der Waals surface area contributed by atoms with E-state index in [1.807, 2.05) is 0 Å². The van der Waals surface area contributed by atoms with Crippen LogP contribution in [0.3, 0.4) is 0 Å². The van der Waals surface area contributed by atoms with Crippen LogP contribution in [0.5, 0.6) is 0 Å². The Bertz CT molecular complexity index is 986. The molecule has 0 saturated carbocycles. The summed E-state index contributed by atoms with van der Waals surface area (Å²) in [5.41, 5.74) is -1.18. The van der Waals surface area contributed by atoms with Gasteiger partial charge in [-0.05, 0) is 6.92 Å². The van der Waals surface area contributed by atoms with E-state index in [-0.39, 0.29) is 35.1 Å². The van der Waals surface area contributed by atoms with E-state index in [1.54, 1.807) is 27.7 Å². The highest BCUT2D eigenvalue weighted by atomic mass is 16.6. The van der Waals surface area contributed by atoms with Crippen molar-refractivity contribution in [2.24, 2.45) is 11.8 Å². The molecule has 0 unspecified atom stereocenters. The number of rotatable bonds is 6. The number of carbonyl (C=O) groups is 2. The first kappa shape index (κ1) is 23.1. The Kier molecular flexibility index (Phi) is 6.33. The zero-order valence-electron chi connectivity index (χ0n) is 18.2. The summed E-state index contributed by atoms with van der Waals surface area (Å²) in [5.74, 6) is -0.966. The maximum Gasteiger partial charge on any atom is 0.228 e. The van der Waals surface area contributed by atoms with Gasteiger partial charge >= 0.3 is 0 Å². The number of anilines is 2. The molecule has 1 aliphatic rings. The van der Waals surface area contributed by atoms with Crippen molar-refractivity contribution in [2.45, 2.75) is 58.7 Å². The van der Waals surface area contributed by atoms with Crippen molar-refractivity contribution in [1.82, 2.24) is 14.5 Å². The van der Waals surface area contributed by atoms with Crippen molar-refractivity contribution in [3.8, 4) is 0 Å². The normalized spacial score (nSPS) is 26.1. The lowest BCUT2D eigenvalue weighted by molar-refractivity contribution is -0.119. The molecule has 0 spiro atoms. The first-order valence-electron chi connectivity index (χ1n) is 10.1. The summed E-state index contributed by atoms with van der Waals surface area (Å²) in [5, 5.41) is 36.6. The maximum atomic E-state index is 12.4. The molecule has 170 valence electrons. The molecule has 11 heteroatoms. The van der Waals surface area contributed by atoms with Gasteiger partial charge < -0.3 is 35.3 Å². The van der Waals surface area contributed by atoms with Crippen LogP contribution in [0.4, 0.5) is 11.5 Å². The predicted octanol–water partition coefficient (Wildman–Crippen LogP) is 0.622. The van der Waals surface area contributed by atoms with Crippen molar-refractivity contribution in [2.75, 3.05) is 17.2 Å². The van der Waals surface area contributed by atoms with Gasteiger partial charge in [0.05, 0.1) is 17.7 Å². The molecule has 4 atom stereocenters. The number of hydrogen-bond donors (Lipinski definition) is 5. The molecule has 0 bridgehead atoms. The van der Waals surface area contributed by atoms with Crippen molar-refractivity contribution in [3.63, 3.8) is 0 Å². The molecule has 1 aliphatic heterocycles. The third-order valence-electron chi connectivity index (χ3n) is 5.34. The summed E-state index contributed by atoms with van der Waals surface area (Å²) >= 11 is 0. The highest BCUT2D eigenvalue weighted by Gasteiger charge is 2.53. The van der Waals surface area contributed by atoms with Gasteiger partial charge in [-0.2, -0.15) is 0 Å². The fourth-order valence-corrected chi connectivity index (χ4v) is 3.38. The average Bonchev–Trinajstić information content (AvgIpc) is 3.17. The van der Waals surface area contributed by atoms with Crippen LogP contribution in [-0.4, -0.2) is 66.1 Å². The molecule has 0 aliphatic carbocycles. The van der Waals surface area contributed by atoms with E-state index in [0.717, 1.165) is 0 Å². The van der Waals surface area contributed by atoms with Gasteiger partial charge in [-0.25, -0.2) is 9.97 Å². The number of nitrogens with zero attached hydrogens (tertiary/aromatic N) is 3. The van der Waals surface area contributed by atoms with Gasteiger partial charge in [0.1, 0.15) is 35.6 Å². The monoisotopic (exact) mass is 435 g/mol. The Morgan fingerprint density at radius 2 is 1.81 bits per heavy atom. The molecule has 11 nitrogen and oxygen atoms in total. The van der Waals surface area contributed by atoms with Crippen molar-refractivity contribution in [1.29, 1.82) is 0 Å². The van der Waals surface area contributed by atoms with Gasteiger partial charge in [0.2, 0.25) is 11.8 Å². The molecule has 3 rings (SSSR count). The summed E-state index contributed by atoms with van der Waals surface area (Å²) in [6, 6.07) is 0. The van der Waals surface area contributed by atoms with Crippen molar-refractivity contribution < 1.29 is 29.6 Å². The van der Waals surface area contributed by atoms with Crippen molar-refractivity contribution in [3.05, 3.63) is 12.5 Å². The lowest BCUT2D eigenvalue weighted by atomic mass is 9.96. The quantitative estimate of drug-likeness (QED) is 0.442. The van der Waals surface area contributed by atoms with Gasteiger partial charge in [0.25, 0.3) is 0 Å². The van der Waals surface area contributed by atoms with E-state index >= 15 is 0 Å². The van der Waals surface area contributed by atoms with E-state index in [9.17, 15) is 24.9 Å². The van der Waals surface area contributed by atoms with Crippen LogP contribution in [0.25, 0.3) is 11.0 Å². The molecule has 0 aromatic carbocycles.